The van der Waals surface area contributed by atoms with Crippen LogP contribution in [-0.2, 0) is 21.7 Å². The van der Waals surface area contributed by atoms with Crippen LogP contribution in [0.5, 0.6) is 0 Å². The molecule has 0 radical (unpaired) electrons. The van der Waals surface area contributed by atoms with Crippen LogP contribution in [0.25, 0.3) is 0 Å². The molecule has 1 aliphatic rings. The van der Waals surface area contributed by atoms with Crippen molar-refractivity contribution in [1.29, 1.82) is 0 Å². The van der Waals surface area contributed by atoms with Crippen LogP contribution in [0, 0.1) is 5.92 Å². The number of hydrogen-bond acceptors (Lipinski definition) is 4. The lowest BCUT2D eigenvalue weighted by molar-refractivity contribution is -0.275. The summed E-state index contributed by atoms with van der Waals surface area (Å²) >= 11 is 22.1. The Morgan fingerprint density at radius 3 is 2.26 bits per heavy atom. The van der Waals surface area contributed by atoms with Gasteiger partial charge in [0.05, 0.1) is 20.8 Å². The molecule has 0 aliphatic carbocycles. The monoisotopic (exact) mass is 552 g/mol. The number of aryl methyl sites for hydroxylation is 1. The number of carbonyl (C=O) groups is 1. The van der Waals surface area contributed by atoms with E-state index in [1.54, 1.807) is 38.4 Å². The summed E-state index contributed by atoms with van der Waals surface area (Å²) in [7, 11) is 3.40. The molecule has 0 fully saturated rings. The van der Waals surface area contributed by atoms with E-state index in [-0.39, 0.29) is 38.2 Å². The van der Waals surface area contributed by atoms with Crippen LogP contribution in [0.15, 0.2) is 41.6 Å². The number of benzene rings is 2. The third-order valence-corrected chi connectivity index (χ3v) is 7.35. The molecule has 0 bridgehead atoms. The van der Waals surface area contributed by atoms with Crippen LogP contribution in [0.2, 0.25) is 15.1 Å². The average molecular weight is 554 g/mol. The van der Waals surface area contributed by atoms with Crippen molar-refractivity contribution in [3.8, 4) is 0 Å². The lowest BCUT2D eigenvalue weighted by Crippen LogP contribution is -2.42. The zero-order valence-corrected chi connectivity index (χ0v) is 21.5. The van der Waals surface area contributed by atoms with Crippen LogP contribution in [-0.4, -0.2) is 42.5 Å². The Morgan fingerprint density at radius 1 is 1.18 bits per heavy atom. The standard InChI is InChI=1S/C23H22Cl3F3N2O2S/c1-31(2)21(32)15(12-34)8-5-13-3-6-14(7-4-13)19-11-22(33-30-19,23(27,28)29)16-9-17(24)20(26)18(25)10-16/h3-4,6-7,9-10,15,34H,5,8,11-12H2,1-2H3. The van der Waals surface area contributed by atoms with Gasteiger partial charge in [-0.25, -0.2) is 0 Å². The zero-order valence-electron chi connectivity index (χ0n) is 18.3. The first kappa shape index (κ1) is 27.0. The lowest BCUT2D eigenvalue weighted by Gasteiger charge is -2.30. The molecule has 2 unspecified atom stereocenters. The Kier molecular flexibility index (Phi) is 8.38. The summed E-state index contributed by atoms with van der Waals surface area (Å²) in [6, 6.07) is 9.17. The van der Waals surface area contributed by atoms with Gasteiger partial charge in [0.25, 0.3) is 5.60 Å². The van der Waals surface area contributed by atoms with Crippen molar-refractivity contribution in [1.82, 2.24) is 4.90 Å². The Labute approximate surface area is 216 Å². The smallest absolute Gasteiger partial charge is 0.374 e. The highest BCUT2D eigenvalue weighted by Gasteiger charge is 2.62. The molecule has 11 heteroatoms. The Hall–Kier alpha value is -1.61. The molecule has 0 saturated heterocycles. The number of thiol groups is 1. The van der Waals surface area contributed by atoms with E-state index in [1.807, 2.05) is 0 Å². The van der Waals surface area contributed by atoms with E-state index >= 15 is 0 Å². The first-order valence-electron chi connectivity index (χ1n) is 10.3. The predicted octanol–water partition coefficient (Wildman–Crippen LogP) is 6.80. The van der Waals surface area contributed by atoms with Gasteiger partial charge in [0.1, 0.15) is 0 Å². The first-order valence-corrected chi connectivity index (χ1v) is 12.0. The van der Waals surface area contributed by atoms with Crippen LogP contribution in [0.4, 0.5) is 13.2 Å². The third kappa shape index (κ3) is 5.45. The minimum absolute atomic E-state index is 0.00924. The number of hydrogen-bond donors (Lipinski definition) is 1. The van der Waals surface area contributed by atoms with Crippen molar-refractivity contribution < 1.29 is 22.8 Å². The molecule has 2 aromatic carbocycles. The van der Waals surface area contributed by atoms with Gasteiger partial charge in [-0.2, -0.15) is 25.8 Å². The maximum absolute atomic E-state index is 14.2. The van der Waals surface area contributed by atoms with Gasteiger partial charge in [-0.3, -0.25) is 4.79 Å². The molecule has 1 aliphatic heterocycles. The summed E-state index contributed by atoms with van der Waals surface area (Å²) in [6.07, 6.45) is -4.11. The summed E-state index contributed by atoms with van der Waals surface area (Å²) in [5, 5.41) is 3.51. The van der Waals surface area contributed by atoms with Crippen LogP contribution in [0.1, 0.15) is 29.5 Å². The normalized spacial score (nSPS) is 18.9. The van der Waals surface area contributed by atoms with E-state index in [9.17, 15) is 18.0 Å². The highest BCUT2D eigenvalue weighted by Crippen LogP contribution is 2.50. The fraction of sp³-hybridized carbons (Fsp3) is 0.391. The summed E-state index contributed by atoms with van der Waals surface area (Å²) in [5.41, 5.74) is -1.43. The highest BCUT2D eigenvalue weighted by atomic mass is 35.5. The van der Waals surface area contributed by atoms with Gasteiger partial charge in [-0.05, 0) is 36.1 Å². The highest BCUT2D eigenvalue weighted by molar-refractivity contribution is 7.80. The predicted molar refractivity (Wildman–Crippen MR) is 132 cm³/mol. The molecule has 2 atom stereocenters. The fourth-order valence-electron chi connectivity index (χ4n) is 3.71. The fourth-order valence-corrected chi connectivity index (χ4v) is 4.64. The molecule has 0 aromatic heterocycles. The zero-order chi connectivity index (χ0) is 25.3. The summed E-state index contributed by atoms with van der Waals surface area (Å²) in [5.74, 6) is 0.229. The van der Waals surface area contributed by atoms with E-state index < -0.39 is 18.2 Å². The van der Waals surface area contributed by atoms with Crippen molar-refractivity contribution in [3.63, 3.8) is 0 Å². The molecule has 0 N–H and O–H groups in total. The summed E-state index contributed by atoms with van der Waals surface area (Å²) < 4.78 is 42.6. The Balaban J connectivity index is 1.78. The van der Waals surface area contributed by atoms with E-state index in [0.29, 0.717) is 24.2 Å². The van der Waals surface area contributed by atoms with E-state index in [2.05, 4.69) is 17.8 Å². The number of carbonyl (C=O) groups excluding carboxylic acids is 1. The molecule has 1 heterocycles. The summed E-state index contributed by atoms with van der Waals surface area (Å²) in [4.78, 5) is 18.7. The number of halogens is 6. The van der Waals surface area contributed by atoms with Gasteiger partial charge in [0.2, 0.25) is 5.91 Å². The van der Waals surface area contributed by atoms with Crippen molar-refractivity contribution >= 4 is 59.1 Å². The number of rotatable bonds is 7. The molecular formula is C23H22Cl3F3N2O2S. The molecule has 4 nitrogen and oxygen atoms in total. The van der Waals surface area contributed by atoms with E-state index in [1.165, 1.54) is 4.90 Å². The van der Waals surface area contributed by atoms with Crippen LogP contribution >= 0.6 is 47.4 Å². The van der Waals surface area contributed by atoms with Gasteiger partial charge in [0.15, 0.2) is 0 Å². The lowest BCUT2D eigenvalue weighted by atomic mass is 9.86. The first-order chi connectivity index (χ1) is 15.9. The van der Waals surface area contributed by atoms with Gasteiger partial charge < -0.3 is 9.74 Å². The maximum Gasteiger partial charge on any atom is 0.435 e. The molecular weight excluding hydrogens is 532 g/mol. The molecule has 0 spiro atoms. The number of amides is 1. The minimum atomic E-state index is -4.79. The molecule has 0 saturated carbocycles. The largest absolute Gasteiger partial charge is 0.435 e. The molecule has 34 heavy (non-hydrogen) atoms. The van der Waals surface area contributed by atoms with Crippen molar-refractivity contribution in [3.05, 3.63) is 68.2 Å². The van der Waals surface area contributed by atoms with Gasteiger partial charge in [0, 0.05) is 37.8 Å². The average Bonchev–Trinajstić information content (AvgIpc) is 3.25. The van der Waals surface area contributed by atoms with Crippen molar-refractivity contribution in [2.24, 2.45) is 11.1 Å². The second-order valence-corrected chi connectivity index (χ2v) is 9.79. The van der Waals surface area contributed by atoms with E-state index in [4.69, 9.17) is 39.6 Å². The molecule has 184 valence electrons. The van der Waals surface area contributed by atoms with Crippen LogP contribution in [0.3, 0.4) is 0 Å². The topological polar surface area (TPSA) is 41.9 Å². The van der Waals surface area contributed by atoms with Crippen LogP contribution < -0.4 is 0 Å². The molecule has 2 aromatic rings. The number of alkyl halides is 3. The maximum atomic E-state index is 14.2. The SMILES string of the molecule is CN(C)C(=O)C(CS)CCc1ccc(C2=NOC(c3cc(Cl)c(Cl)c(Cl)c3)(C(F)(F)F)C2)cc1. The Bertz CT molecular complexity index is 1070. The Morgan fingerprint density at radius 2 is 1.76 bits per heavy atom. The molecule has 1 amide bonds. The van der Waals surface area contributed by atoms with Crippen molar-refractivity contribution in [2.45, 2.75) is 31.0 Å². The quantitative estimate of drug-likeness (QED) is 0.303. The van der Waals surface area contributed by atoms with Gasteiger partial charge in [-0.1, -0.05) is 64.2 Å². The second kappa shape index (κ2) is 10.6. The van der Waals surface area contributed by atoms with Gasteiger partial charge >= 0.3 is 6.18 Å². The second-order valence-electron chi connectivity index (χ2n) is 8.23. The minimum Gasteiger partial charge on any atom is -0.374 e. The number of nitrogens with zero attached hydrogens (tertiary/aromatic N) is 2. The third-order valence-electron chi connectivity index (χ3n) is 5.72. The number of oxime groups is 1. The van der Waals surface area contributed by atoms with E-state index in [0.717, 1.165) is 17.7 Å². The summed E-state index contributed by atoms with van der Waals surface area (Å²) in [6.45, 7) is 0. The molecule has 3 rings (SSSR count). The van der Waals surface area contributed by atoms with Gasteiger partial charge in [-0.15, -0.1) is 0 Å². The van der Waals surface area contributed by atoms with Crippen molar-refractivity contribution in [2.75, 3.05) is 19.8 Å².